The van der Waals surface area contributed by atoms with E-state index >= 15 is 0 Å². The topological polar surface area (TPSA) is 71.5 Å². The highest BCUT2D eigenvalue weighted by atomic mass is 32.1. The first-order valence-corrected chi connectivity index (χ1v) is 11.3. The normalized spacial score (nSPS) is 18.5. The maximum atomic E-state index is 13.2. The molecule has 6 nitrogen and oxygen atoms in total. The number of rotatable bonds is 6. The standard InChI is InChI=1S/C24H25N3O3S/c1-2-25-23(29)24(15-18-7-3-4-8-20(18)19-10-14-31-16-19)17-27(12-13-30-24)22(28)21-9-5-6-11-26-21/h3-11,14,16H,2,12-13,15,17H2,1H3,(H,25,29)/t24-/m1/s1. The average Bonchev–Trinajstić information content (AvgIpc) is 3.35. The van der Waals surface area contributed by atoms with Gasteiger partial charge in [0.1, 0.15) is 5.69 Å². The number of nitrogens with one attached hydrogen (secondary N) is 1. The third-order valence-electron chi connectivity index (χ3n) is 5.43. The zero-order valence-electron chi connectivity index (χ0n) is 17.4. The summed E-state index contributed by atoms with van der Waals surface area (Å²) in [5.41, 5.74) is 2.41. The summed E-state index contributed by atoms with van der Waals surface area (Å²) >= 11 is 1.63. The molecule has 1 fully saturated rings. The zero-order chi connectivity index (χ0) is 21.7. The molecule has 31 heavy (non-hydrogen) atoms. The summed E-state index contributed by atoms with van der Waals surface area (Å²) in [5, 5.41) is 7.05. The summed E-state index contributed by atoms with van der Waals surface area (Å²) in [6.45, 7) is 3.25. The molecule has 1 aliphatic heterocycles. The number of amides is 2. The van der Waals surface area contributed by atoms with E-state index in [9.17, 15) is 9.59 Å². The van der Waals surface area contributed by atoms with Gasteiger partial charge in [0.05, 0.1) is 13.2 Å². The molecule has 2 amide bonds. The molecule has 0 spiro atoms. The second-order valence-corrected chi connectivity index (χ2v) is 8.27. The van der Waals surface area contributed by atoms with Gasteiger partial charge in [-0.25, -0.2) is 0 Å². The fraction of sp³-hybridized carbons (Fsp3) is 0.292. The minimum Gasteiger partial charge on any atom is -0.361 e. The number of thiophene rings is 1. The van der Waals surface area contributed by atoms with Gasteiger partial charge < -0.3 is 15.0 Å². The molecule has 160 valence electrons. The van der Waals surface area contributed by atoms with E-state index in [-0.39, 0.29) is 25.0 Å². The van der Waals surface area contributed by atoms with Gasteiger partial charge in [-0.2, -0.15) is 11.3 Å². The van der Waals surface area contributed by atoms with E-state index in [2.05, 4.69) is 27.8 Å². The van der Waals surface area contributed by atoms with Crippen LogP contribution in [0.4, 0.5) is 0 Å². The number of likely N-dealkylation sites (N-methyl/N-ethyl adjacent to an activating group) is 1. The van der Waals surface area contributed by atoms with Crippen molar-refractivity contribution in [1.82, 2.24) is 15.2 Å². The second kappa shape index (κ2) is 9.41. The van der Waals surface area contributed by atoms with E-state index in [1.165, 1.54) is 0 Å². The average molecular weight is 436 g/mol. The second-order valence-electron chi connectivity index (χ2n) is 7.49. The van der Waals surface area contributed by atoms with Gasteiger partial charge in [0.25, 0.3) is 11.8 Å². The van der Waals surface area contributed by atoms with Crippen LogP contribution < -0.4 is 5.32 Å². The number of benzene rings is 1. The first-order chi connectivity index (χ1) is 15.1. The molecular weight excluding hydrogens is 410 g/mol. The largest absolute Gasteiger partial charge is 0.361 e. The lowest BCUT2D eigenvalue weighted by Gasteiger charge is -2.41. The van der Waals surface area contributed by atoms with Crippen molar-refractivity contribution in [3.05, 3.63) is 76.7 Å². The number of ether oxygens (including phenoxy) is 1. The number of hydrogen-bond acceptors (Lipinski definition) is 5. The summed E-state index contributed by atoms with van der Waals surface area (Å²) < 4.78 is 6.15. The Hall–Kier alpha value is -3.03. The number of morpholine rings is 1. The molecule has 0 aliphatic carbocycles. The fourth-order valence-corrected chi connectivity index (χ4v) is 4.59. The molecule has 1 aromatic carbocycles. The molecule has 4 rings (SSSR count). The lowest BCUT2D eigenvalue weighted by molar-refractivity contribution is -0.157. The van der Waals surface area contributed by atoms with E-state index in [1.54, 1.807) is 40.6 Å². The number of hydrogen-bond donors (Lipinski definition) is 1. The molecule has 1 N–H and O–H groups in total. The summed E-state index contributed by atoms with van der Waals surface area (Å²) in [4.78, 5) is 32.1. The Kier molecular flexibility index (Phi) is 6.44. The molecule has 0 saturated carbocycles. The lowest BCUT2D eigenvalue weighted by Crippen LogP contribution is -2.62. The van der Waals surface area contributed by atoms with Gasteiger partial charge in [-0.15, -0.1) is 0 Å². The molecule has 1 atom stereocenters. The van der Waals surface area contributed by atoms with Crippen LogP contribution in [0.2, 0.25) is 0 Å². The number of pyridine rings is 1. The highest BCUT2D eigenvalue weighted by molar-refractivity contribution is 7.08. The minimum atomic E-state index is -1.16. The predicted octanol–water partition coefficient (Wildman–Crippen LogP) is 3.40. The third-order valence-corrected chi connectivity index (χ3v) is 6.12. The van der Waals surface area contributed by atoms with E-state index in [0.717, 1.165) is 16.7 Å². The third kappa shape index (κ3) is 4.52. The SMILES string of the molecule is CCNC(=O)[C@@]1(Cc2ccccc2-c2ccsc2)CN(C(=O)c2ccccn2)CCO1. The summed E-state index contributed by atoms with van der Waals surface area (Å²) in [6.07, 6.45) is 1.97. The Morgan fingerprint density at radius 1 is 1.19 bits per heavy atom. The first kappa shape index (κ1) is 21.2. The van der Waals surface area contributed by atoms with Gasteiger partial charge in [0.2, 0.25) is 0 Å². The van der Waals surface area contributed by atoms with Gasteiger partial charge in [-0.05, 0) is 52.6 Å². The van der Waals surface area contributed by atoms with Crippen molar-refractivity contribution in [2.24, 2.45) is 0 Å². The maximum absolute atomic E-state index is 13.2. The van der Waals surface area contributed by atoms with Crippen molar-refractivity contribution in [2.45, 2.75) is 18.9 Å². The minimum absolute atomic E-state index is 0.173. The molecule has 1 aliphatic rings. The van der Waals surface area contributed by atoms with Crippen molar-refractivity contribution in [2.75, 3.05) is 26.2 Å². The quantitative estimate of drug-likeness (QED) is 0.644. The highest BCUT2D eigenvalue weighted by Crippen LogP contribution is 2.31. The molecule has 0 unspecified atom stereocenters. The van der Waals surface area contributed by atoms with Gasteiger partial charge in [-0.1, -0.05) is 30.3 Å². The van der Waals surface area contributed by atoms with Crippen molar-refractivity contribution < 1.29 is 14.3 Å². The van der Waals surface area contributed by atoms with Crippen LogP contribution in [0.15, 0.2) is 65.5 Å². The van der Waals surface area contributed by atoms with Crippen LogP contribution in [0.5, 0.6) is 0 Å². The Morgan fingerprint density at radius 3 is 2.77 bits per heavy atom. The van der Waals surface area contributed by atoms with Crippen molar-refractivity contribution in [3.8, 4) is 11.1 Å². The van der Waals surface area contributed by atoms with Crippen LogP contribution in [0.1, 0.15) is 23.0 Å². The molecule has 2 aromatic heterocycles. The summed E-state index contributed by atoms with van der Waals surface area (Å²) in [6, 6.07) is 15.4. The molecular formula is C24H25N3O3S. The van der Waals surface area contributed by atoms with E-state index in [0.29, 0.717) is 25.2 Å². The first-order valence-electron chi connectivity index (χ1n) is 10.4. The van der Waals surface area contributed by atoms with Crippen molar-refractivity contribution in [3.63, 3.8) is 0 Å². The van der Waals surface area contributed by atoms with Gasteiger partial charge in [0.15, 0.2) is 5.60 Å². The van der Waals surface area contributed by atoms with Crippen molar-refractivity contribution in [1.29, 1.82) is 0 Å². The smallest absolute Gasteiger partial charge is 0.272 e. The van der Waals surface area contributed by atoms with Gasteiger partial charge in [-0.3, -0.25) is 14.6 Å². The van der Waals surface area contributed by atoms with Crippen LogP contribution in [0.25, 0.3) is 11.1 Å². The molecule has 1 saturated heterocycles. The molecule has 7 heteroatoms. The zero-order valence-corrected chi connectivity index (χ0v) is 18.2. The van der Waals surface area contributed by atoms with Gasteiger partial charge in [0, 0.05) is 25.7 Å². The van der Waals surface area contributed by atoms with Crippen molar-refractivity contribution >= 4 is 23.2 Å². The molecule has 3 heterocycles. The predicted molar refractivity (Wildman–Crippen MR) is 121 cm³/mol. The molecule has 0 radical (unpaired) electrons. The Labute approximate surface area is 185 Å². The highest BCUT2D eigenvalue weighted by Gasteiger charge is 2.45. The molecule has 3 aromatic rings. The maximum Gasteiger partial charge on any atom is 0.272 e. The van der Waals surface area contributed by atoms with Crippen LogP contribution in [0, 0.1) is 0 Å². The number of carbonyl (C=O) groups is 2. The monoisotopic (exact) mass is 435 g/mol. The van der Waals surface area contributed by atoms with Crippen LogP contribution in [0.3, 0.4) is 0 Å². The Bertz CT molecular complexity index is 1040. The van der Waals surface area contributed by atoms with E-state index < -0.39 is 5.60 Å². The van der Waals surface area contributed by atoms with E-state index in [1.807, 2.05) is 30.5 Å². The number of nitrogens with zero attached hydrogens (tertiary/aromatic N) is 2. The van der Waals surface area contributed by atoms with E-state index in [4.69, 9.17) is 4.74 Å². The Morgan fingerprint density at radius 2 is 2.03 bits per heavy atom. The number of carbonyl (C=O) groups excluding carboxylic acids is 2. The summed E-state index contributed by atoms with van der Waals surface area (Å²) in [7, 11) is 0. The van der Waals surface area contributed by atoms with Crippen LogP contribution in [-0.4, -0.2) is 53.5 Å². The lowest BCUT2D eigenvalue weighted by atomic mass is 9.87. The molecule has 0 bridgehead atoms. The van der Waals surface area contributed by atoms with Gasteiger partial charge >= 0.3 is 0 Å². The van der Waals surface area contributed by atoms with Crippen LogP contribution in [-0.2, 0) is 16.0 Å². The fourth-order valence-electron chi connectivity index (χ4n) is 3.94. The summed E-state index contributed by atoms with van der Waals surface area (Å²) in [5.74, 6) is -0.391. The van der Waals surface area contributed by atoms with Crippen LogP contribution >= 0.6 is 11.3 Å². The number of aromatic nitrogens is 1. The Balaban J connectivity index is 1.67.